The molecule has 0 saturated heterocycles. The minimum absolute atomic E-state index is 0.106. The second kappa shape index (κ2) is 4.54. The first kappa shape index (κ1) is 11.2. The highest BCUT2D eigenvalue weighted by Crippen LogP contribution is 2.23. The standard InChI is InChI=1S/C10H12N2O3/c1-7(6-13)4-8-2-3-9(11)10(5-8)12(14)15/h2-3,5-7H,4,11H2,1H3. The predicted molar refractivity (Wildman–Crippen MR) is 56.4 cm³/mol. The van der Waals surface area contributed by atoms with Gasteiger partial charge in [0, 0.05) is 12.0 Å². The van der Waals surface area contributed by atoms with Crippen LogP contribution in [0.1, 0.15) is 12.5 Å². The fourth-order valence-corrected chi connectivity index (χ4v) is 1.29. The van der Waals surface area contributed by atoms with Crippen LogP contribution < -0.4 is 5.73 Å². The third kappa shape index (κ3) is 2.77. The Morgan fingerprint density at radius 2 is 2.27 bits per heavy atom. The van der Waals surface area contributed by atoms with Crippen molar-refractivity contribution >= 4 is 17.7 Å². The van der Waals surface area contributed by atoms with Crippen molar-refractivity contribution < 1.29 is 9.72 Å². The third-order valence-corrected chi connectivity index (χ3v) is 2.08. The molecule has 0 saturated carbocycles. The highest BCUT2D eigenvalue weighted by Gasteiger charge is 2.12. The number of rotatable bonds is 4. The first-order chi connectivity index (χ1) is 7.04. The van der Waals surface area contributed by atoms with Crippen molar-refractivity contribution in [3.63, 3.8) is 0 Å². The van der Waals surface area contributed by atoms with Gasteiger partial charge in [-0.2, -0.15) is 0 Å². The highest BCUT2D eigenvalue weighted by atomic mass is 16.6. The fraction of sp³-hybridized carbons (Fsp3) is 0.300. The molecule has 0 aromatic heterocycles. The number of nitrogens with two attached hydrogens (primary N) is 1. The number of hydrogen-bond donors (Lipinski definition) is 1. The van der Waals surface area contributed by atoms with E-state index in [1.54, 1.807) is 13.0 Å². The molecule has 1 unspecified atom stereocenters. The fourth-order valence-electron chi connectivity index (χ4n) is 1.29. The number of anilines is 1. The number of carbonyl (C=O) groups is 1. The lowest BCUT2D eigenvalue weighted by Gasteiger charge is -2.04. The quantitative estimate of drug-likeness (QED) is 0.352. The Balaban J connectivity index is 2.97. The average Bonchev–Trinajstić information content (AvgIpc) is 2.20. The molecule has 0 aliphatic carbocycles. The van der Waals surface area contributed by atoms with E-state index in [1.165, 1.54) is 12.1 Å². The first-order valence-electron chi connectivity index (χ1n) is 4.52. The van der Waals surface area contributed by atoms with Gasteiger partial charge in [-0.3, -0.25) is 10.1 Å². The zero-order valence-electron chi connectivity index (χ0n) is 8.34. The summed E-state index contributed by atoms with van der Waals surface area (Å²) < 4.78 is 0. The lowest BCUT2D eigenvalue weighted by atomic mass is 10.0. The molecule has 2 N–H and O–H groups in total. The molecular weight excluding hydrogens is 196 g/mol. The van der Waals surface area contributed by atoms with E-state index in [1.807, 2.05) is 0 Å². The van der Waals surface area contributed by atoms with Crippen LogP contribution in [0.15, 0.2) is 18.2 Å². The Bertz CT molecular complexity index is 390. The van der Waals surface area contributed by atoms with Gasteiger partial charge in [0.05, 0.1) is 4.92 Å². The van der Waals surface area contributed by atoms with Gasteiger partial charge in [-0.1, -0.05) is 13.0 Å². The van der Waals surface area contributed by atoms with Gasteiger partial charge in [0.15, 0.2) is 0 Å². The van der Waals surface area contributed by atoms with E-state index >= 15 is 0 Å². The summed E-state index contributed by atoms with van der Waals surface area (Å²) in [6.07, 6.45) is 1.31. The van der Waals surface area contributed by atoms with Crippen molar-refractivity contribution in [2.75, 3.05) is 5.73 Å². The minimum atomic E-state index is -0.523. The summed E-state index contributed by atoms with van der Waals surface area (Å²) in [4.78, 5) is 20.5. The summed E-state index contributed by atoms with van der Waals surface area (Å²) in [6, 6.07) is 4.60. The molecule has 1 rings (SSSR count). The average molecular weight is 208 g/mol. The number of nitrogens with zero attached hydrogens (tertiary/aromatic N) is 1. The Labute approximate surface area is 87.0 Å². The Hall–Kier alpha value is -1.91. The molecule has 80 valence electrons. The zero-order chi connectivity index (χ0) is 11.4. The molecule has 0 radical (unpaired) electrons. The smallest absolute Gasteiger partial charge is 0.292 e. The SMILES string of the molecule is CC(C=O)Cc1ccc(N)c([N+](=O)[O-])c1. The van der Waals surface area contributed by atoms with Crippen molar-refractivity contribution in [3.05, 3.63) is 33.9 Å². The van der Waals surface area contributed by atoms with E-state index in [4.69, 9.17) is 5.73 Å². The molecule has 5 heteroatoms. The van der Waals surface area contributed by atoms with Gasteiger partial charge in [-0.05, 0) is 18.1 Å². The first-order valence-corrected chi connectivity index (χ1v) is 4.52. The number of nitro benzene ring substituents is 1. The second-order valence-electron chi connectivity index (χ2n) is 3.47. The summed E-state index contributed by atoms with van der Waals surface area (Å²) >= 11 is 0. The van der Waals surface area contributed by atoms with Gasteiger partial charge in [-0.15, -0.1) is 0 Å². The topological polar surface area (TPSA) is 86.2 Å². The van der Waals surface area contributed by atoms with E-state index in [0.717, 1.165) is 11.8 Å². The van der Waals surface area contributed by atoms with Crippen molar-refractivity contribution in [1.82, 2.24) is 0 Å². The molecule has 0 aliphatic rings. The van der Waals surface area contributed by atoms with Crippen molar-refractivity contribution in [1.29, 1.82) is 0 Å². The molecule has 0 heterocycles. The monoisotopic (exact) mass is 208 g/mol. The molecule has 0 bridgehead atoms. The van der Waals surface area contributed by atoms with Crippen LogP contribution in [0.25, 0.3) is 0 Å². The molecule has 15 heavy (non-hydrogen) atoms. The number of nitro groups is 1. The lowest BCUT2D eigenvalue weighted by Crippen LogP contribution is -2.02. The van der Waals surface area contributed by atoms with Gasteiger partial charge in [0.1, 0.15) is 12.0 Å². The van der Waals surface area contributed by atoms with Gasteiger partial charge >= 0.3 is 0 Å². The van der Waals surface area contributed by atoms with Crippen LogP contribution in [0.3, 0.4) is 0 Å². The van der Waals surface area contributed by atoms with E-state index in [0.29, 0.717) is 6.42 Å². The van der Waals surface area contributed by atoms with E-state index < -0.39 is 4.92 Å². The van der Waals surface area contributed by atoms with Crippen LogP contribution >= 0.6 is 0 Å². The second-order valence-corrected chi connectivity index (χ2v) is 3.47. The van der Waals surface area contributed by atoms with Crippen molar-refractivity contribution in [2.24, 2.45) is 5.92 Å². The van der Waals surface area contributed by atoms with Crippen LogP contribution in [0.2, 0.25) is 0 Å². The molecule has 0 amide bonds. The molecule has 1 aromatic carbocycles. The zero-order valence-corrected chi connectivity index (χ0v) is 8.34. The summed E-state index contributed by atoms with van der Waals surface area (Å²) in [5.74, 6) is -0.145. The maximum atomic E-state index is 10.6. The minimum Gasteiger partial charge on any atom is -0.393 e. The summed E-state index contributed by atoms with van der Waals surface area (Å²) in [7, 11) is 0. The molecule has 0 fully saturated rings. The van der Waals surface area contributed by atoms with E-state index in [-0.39, 0.29) is 17.3 Å². The molecule has 0 spiro atoms. The van der Waals surface area contributed by atoms with Crippen LogP contribution in [0, 0.1) is 16.0 Å². The molecule has 0 aliphatic heterocycles. The number of nitrogen functional groups attached to an aromatic ring is 1. The lowest BCUT2D eigenvalue weighted by molar-refractivity contribution is -0.384. The number of benzene rings is 1. The van der Waals surface area contributed by atoms with Crippen molar-refractivity contribution in [2.45, 2.75) is 13.3 Å². The largest absolute Gasteiger partial charge is 0.393 e. The normalized spacial score (nSPS) is 12.1. The highest BCUT2D eigenvalue weighted by molar-refractivity contribution is 5.60. The van der Waals surface area contributed by atoms with Gasteiger partial charge in [0.2, 0.25) is 0 Å². The maximum absolute atomic E-state index is 10.6. The Morgan fingerprint density at radius 3 is 2.80 bits per heavy atom. The summed E-state index contributed by atoms with van der Waals surface area (Å²) in [5.41, 5.74) is 6.22. The van der Waals surface area contributed by atoms with Crippen LogP contribution in [0.5, 0.6) is 0 Å². The van der Waals surface area contributed by atoms with Gasteiger partial charge in [-0.25, -0.2) is 0 Å². The molecule has 5 nitrogen and oxygen atoms in total. The number of hydrogen-bond acceptors (Lipinski definition) is 4. The Morgan fingerprint density at radius 1 is 1.60 bits per heavy atom. The van der Waals surface area contributed by atoms with Gasteiger partial charge < -0.3 is 10.5 Å². The van der Waals surface area contributed by atoms with Crippen LogP contribution in [-0.2, 0) is 11.2 Å². The van der Waals surface area contributed by atoms with Gasteiger partial charge in [0.25, 0.3) is 5.69 Å². The van der Waals surface area contributed by atoms with E-state index in [2.05, 4.69) is 0 Å². The third-order valence-electron chi connectivity index (χ3n) is 2.08. The number of carbonyl (C=O) groups excluding carboxylic acids is 1. The van der Waals surface area contributed by atoms with Crippen LogP contribution in [-0.4, -0.2) is 11.2 Å². The molecule has 1 atom stereocenters. The Kier molecular flexibility index (Phi) is 3.38. The predicted octanol–water partition coefficient (Wildman–Crippen LogP) is 1.55. The van der Waals surface area contributed by atoms with Crippen molar-refractivity contribution in [3.8, 4) is 0 Å². The summed E-state index contributed by atoms with van der Waals surface area (Å²) in [6.45, 7) is 1.76. The van der Waals surface area contributed by atoms with Crippen LogP contribution in [0.4, 0.5) is 11.4 Å². The maximum Gasteiger partial charge on any atom is 0.292 e. The van der Waals surface area contributed by atoms with E-state index in [9.17, 15) is 14.9 Å². The number of aldehydes is 1. The summed E-state index contributed by atoms with van der Waals surface area (Å²) in [5, 5.41) is 10.6. The molecular formula is C10H12N2O3. The molecule has 1 aromatic rings.